The highest BCUT2D eigenvalue weighted by atomic mass is 32.1. The van der Waals surface area contributed by atoms with Crippen molar-refractivity contribution < 1.29 is 9.90 Å². The standard InChI is InChI=1S/C13H8N4O2S/c14-6-10-11(15)17-12(19)8(16-13(17)20-10)5-7-3-1-2-4-9(7)18/h1-5,19H,15H2/b7-5+. The number of imidazole rings is 1. The zero-order chi connectivity index (χ0) is 14.3. The molecule has 7 heteroatoms. The van der Waals surface area contributed by atoms with Crippen LogP contribution in [0.4, 0.5) is 5.82 Å². The van der Waals surface area contributed by atoms with Crippen LogP contribution in [0.2, 0.25) is 0 Å². The van der Waals surface area contributed by atoms with Gasteiger partial charge in [0.15, 0.2) is 10.7 Å². The van der Waals surface area contributed by atoms with Crippen LogP contribution >= 0.6 is 11.3 Å². The number of hydrogen-bond donors (Lipinski definition) is 2. The van der Waals surface area contributed by atoms with Gasteiger partial charge in [-0.2, -0.15) is 5.26 Å². The predicted molar refractivity (Wildman–Crippen MR) is 75.1 cm³/mol. The van der Waals surface area contributed by atoms with Gasteiger partial charge >= 0.3 is 0 Å². The average molecular weight is 284 g/mol. The molecule has 0 unspecified atom stereocenters. The number of carbonyl (C=O) groups excluding carboxylic acids is 1. The maximum atomic E-state index is 11.6. The number of rotatable bonds is 1. The highest BCUT2D eigenvalue weighted by molar-refractivity contribution is 7.18. The predicted octanol–water partition coefficient (Wildman–Crippen LogP) is 1.63. The Kier molecular flexibility index (Phi) is 2.66. The van der Waals surface area contributed by atoms with Gasteiger partial charge in [-0.1, -0.05) is 29.6 Å². The second kappa shape index (κ2) is 4.36. The third kappa shape index (κ3) is 1.71. The van der Waals surface area contributed by atoms with E-state index in [1.165, 1.54) is 16.6 Å². The molecule has 2 aromatic rings. The number of carbonyl (C=O) groups is 1. The lowest BCUT2D eigenvalue weighted by Gasteiger charge is -2.00. The van der Waals surface area contributed by atoms with E-state index in [1.54, 1.807) is 18.2 Å². The summed E-state index contributed by atoms with van der Waals surface area (Å²) in [6.07, 6.45) is 7.93. The van der Waals surface area contributed by atoms with Crippen LogP contribution in [0.5, 0.6) is 5.88 Å². The maximum absolute atomic E-state index is 11.6. The largest absolute Gasteiger partial charge is 0.493 e. The summed E-state index contributed by atoms with van der Waals surface area (Å²) < 4.78 is 1.29. The molecule has 0 atom stereocenters. The van der Waals surface area contributed by atoms with Crippen LogP contribution in [0.15, 0.2) is 29.9 Å². The monoisotopic (exact) mass is 284 g/mol. The lowest BCUT2D eigenvalue weighted by atomic mass is 10.1. The summed E-state index contributed by atoms with van der Waals surface area (Å²) in [7, 11) is 0. The van der Waals surface area contributed by atoms with Crippen LogP contribution in [-0.4, -0.2) is 20.3 Å². The fourth-order valence-corrected chi connectivity index (χ4v) is 2.71. The first kappa shape index (κ1) is 12.2. The molecule has 1 aliphatic rings. The molecule has 0 saturated carbocycles. The fraction of sp³-hybridized carbons (Fsp3) is 0. The molecule has 0 amide bonds. The van der Waals surface area contributed by atoms with E-state index in [9.17, 15) is 9.90 Å². The van der Waals surface area contributed by atoms with Crippen molar-refractivity contribution in [1.29, 1.82) is 5.26 Å². The van der Waals surface area contributed by atoms with Gasteiger partial charge in [0.05, 0.1) is 0 Å². The Hall–Kier alpha value is -2.85. The van der Waals surface area contributed by atoms with E-state index in [0.717, 1.165) is 11.3 Å². The molecule has 2 aromatic heterocycles. The Morgan fingerprint density at radius 1 is 1.45 bits per heavy atom. The van der Waals surface area contributed by atoms with Gasteiger partial charge in [-0.15, -0.1) is 0 Å². The Labute approximate surface area is 117 Å². The average Bonchev–Trinajstić information content (AvgIpc) is 2.91. The molecule has 98 valence electrons. The first-order valence-corrected chi connectivity index (χ1v) is 6.44. The number of fused-ring (bicyclic) bond motifs is 1. The summed E-state index contributed by atoms with van der Waals surface area (Å²) in [5.74, 6) is -0.194. The third-order valence-electron chi connectivity index (χ3n) is 2.83. The number of nitrogen functional groups attached to an aromatic ring is 1. The lowest BCUT2D eigenvalue weighted by Crippen LogP contribution is -1.98. The topological polar surface area (TPSA) is 104 Å². The van der Waals surface area contributed by atoms with E-state index in [2.05, 4.69) is 4.98 Å². The van der Waals surface area contributed by atoms with Crippen molar-refractivity contribution >= 4 is 34.0 Å². The molecule has 0 aromatic carbocycles. The molecule has 3 rings (SSSR count). The summed E-state index contributed by atoms with van der Waals surface area (Å²) in [5, 5.41) is 19.0. The van der Waals surface area contributed by atoms with E-state index in [0.29, 0.717) is 15.4 Å². The molecule has 3 N–H and O–H groups in total. The number of allylic oxidation sites excluding steroid dienone is 5. The summed E-state index contributed by atoms with van der Waals surface area (Å²) in [6.45, 7) is 0. The van der Waals surface area contributed by atoms with Gasteiger partial charge in [-0.25, -0.2) is 9.38 Å². The minimum atomic E-state index is -0.182. The van der Waals surface area contributed by atoms with Crippen LogP contribution in [0.25, 0.3) is 11.0 Å². The Morgan fingerprint density at radius 3 is 2.85 bits per heavy atom. The van der Waals surface area contributed by atoms with E-state index >= 15 is 0 Å². The Morgan fingerprint density at radius 2 is 2.20 bits per heavy atom. The number of aromatic hydroxyl groups is 1. The van der Waals surface area contributed by atoms with Gasteiger partial charge in [-0.3, -0.25) is 4.79 Å². The van der Waals surface area contributed by atoms with Gasteiger partial charge in [0.1, 0.15) is 22.5 Å². The van der Waals surface area contributed by atoms with Crippen molar-refractivity contribution in [3.63, 3.8) is 0 Å². The lowest BCUT2D eigenvalue weighted by molar-refractivity contribution is -0.111. The molecular formula is C13H8N4O2S. The van der Waals surface area contributed by atoms with Crippen molar-refractivity contribution in [1.82, 2.24) is 9.38 Å². The molecule has 0 radical (unpaired) electrons. The molecular weight excluding hydrogens is 276 g/mol. The molecule has 0 aliphatic heterocycles. The van der Waals surface area contributed by atoms with Crippen molar-refractivity contribution in [3.05, 3.63) is 40.4 Å². The second-order valence-electron chi connectivity index (χ2n) is 4.05. The number of aromatic nitrogens is 2. The maximum Gasteiger partial charge on any atom is 0.226 e. The number of nitriles is 1. The van der Waals surface area contributed by atoms with Crippen LogP contribution < -0.4 is 5.73 Å². The summed E-state index contributed by atoms with van der Waals surface area (Å²) in [5.41, 5.74) is 6.43. The Bertz CT molecular complexity index is 861. The first-order chi connectivity index (χ1) is 9.61. The quantitative estimate of drug-likeness (QED) is 0.774. The second-order valence-corrected chi connectivity index (χ2v) is 5.03. The molecule has 0 fully saturated rings. The van der Waals surface area contributed by atoms with Crippen LogP contribution in [0.3, 0.4) is 0 Å². The van der Waals surface area contributed by atoms with Gasteiger partial charge in [0, 0.05) is 5.57 Å². The summed E-state index contributed by atoms with van der Waals surface area (Å²) in [4.78, 5) is 16.5. The molecule has 0 spiro atoms. The summed E-state index contributed by atoms with van der Waals surface area (Å²) in [6, 6.07) is 1.94. The SMILES string of the molecule is N#Cc1sc2nc(/C=C3\C=CC=CC3=O)c(O)n2c1N. The zero-order valence-corrected chi connectivity index (χ0v) is 10.9. The fourth-order valence-electron chi connectivity index (χ4n) is 1.86. The molecule has 20 heavy (non-hydrogen) atoms. The minimum Gasteiger partial charge on any atom is -0.493 e. The molecule has 2 heterocycles. The van der Waals surface area contributed by atoms with Gasteiger partial charge in [0.25, 0.3) is 0 Å². The van der Waals surface area contributed by atoms with Gasteiger partial charge < -0.3 is 10.8 Å². The van der Waals surface area contributed by atoms with Crippen molar-refractivity contribution in [2.24, 2.45) is 0 Å². The molecule has 6 nitrogen and oxygen atoms in total. The van der Waals surface area contributed by atoms with Crippen LogP contribution in [0.1, 0.15) is 10.6 Å². The number of anilines is 1. The number of nitrogens with two attached hydrogens (primary N) is 1. The number of thiazole rings is 1. The number of ketones is 1. The van der Waals surface area contributed by atoms with Gasteiger partial charge in [0.2, 0.25) is 5.88 Å². The summed E-state index contributed by atoms with van der Waals surface area (Å²) >= 11 is 1.08. The third-order valence-corrected chi connectivity index (χ3v) is 3.79. The normalized spacial score (nSPS) is 16.1. The van der Waals surface area contributed by atoms with Gasteiger partial charge in [-0.05, 0) is 12.2 Å². The zero-order valence-electron chi connectivity index (χ0n) is 10.1. The number of hydrogen-bond acceptors (Lipinski definition) is 6. The molecule has 0 bridgehead atoms. The first-order valence-electron chi connectivity index (χ1n) is 5.62. The van der Waals surface area contributed by atoms with E-state index in [-0.39, 0.29) is 23.2 Å². The molecule has 1 aliphatic carbocycles. The number of nitrogens with zero attached hydrogens (tertiary/aromatic N) is 3. The van der Waals surface area contributed by atoms with Crippen molar-refractivity contribution in [3.8, 4) is 11.9 Å². The highest BCUT2D eigenvalue weighted by Gasteiger charge is 2.18. The van der Waals surface area contributed by atoms with E-state index < -0.39 is 0 Å². The van der Waals surface area contributed by atoms with E-state index in [4.69, 9.17) is 11.0 Å². The van der Waals surface area contributed by atoms with Crippen molar-refractivity contribution in [2.75, 3.05) is 5.73 Å². The molecule has 0 saturated heterocycles. The van der Waals surface area contributed by atoms with Crippen LogP contribution in [-0.2, 0) is 4.79 Å². The highest BCUT2D eigenvalue weighted by Crippen LogP contribution is 2.32. The van der Waals surface area contributed by atoms with Crippen LogP contribution in [0, 0.1) is 11.3 Å². The minimum absolute atomic E-state index is 0.146. The Balaban J connectivity index is 2.15. The van der Waals surface area contributed by atoms with E-state index in [1.807, 2.05) is 6.07 Å². The smallest absolute Gasteiger partial charge is 0.226 e. The van der Waals surface area contributed by atoms with Crippen molar-refractivity contribution in [2.45, 2.75) is 0 Å².